The van der Waals surface area contributed by atoms with Gasteiger partial charge in [0.25, 0.3) is 0 Å². The number of carbonyl (C=O) groups excluding carboxylic acids is 1. The van der Waals surface area contributed by atoms with Crippen molar-refractivity contribution in [3.05, 3.63) is 35.4 Å². The van der Waals surface area contributed by atoms with Crippen LogP contribution in [0.15, 0.2) is 24.3 Å². The van der Waals surface area contributed by atoms with Crippen molar-refractivity contribution in [2.75, 3.05) is 6.54 Å². The number of aliphatic hydroxyl groups is 1. The topological polar surface area (TPSA) is 75.4 Å². The minimum atomic E-state index is -0.718. The largest absolute Gasteiger partial charge is 0.387 e. The molecular formula is C18H31ClN2O2. The van der Waals surface area contributed by atoms with E-state index in [9.17, 15) is 9.90 Å². The maximum atomic E-state index is 11.9. The zero-order valence-corrected chi connectivity index (χ0v) is 15.6. The number of aliphatic hydroxyl groups excluding tert-OH is 1. The van der Waals surface area contributed by atoms with Gasteiger partial charge in [-0.05, 0) is 28.9 Å². The Balaban J connectivity index is 0.00000484. The predicted molar refractivity (Wildman–Crippen MR) is 97.8 cm³/mol. The molecule has 5 heteroatoms. The van der Waals surface area contributed by atoms with Crippen LogP contribution < -0.4 is 11.1 Å². The van der Waals surface area contributed by atoms with Crippen molar-refractivity contribution in [1.29, 1.82) is 0 Å². The summed E-state index contributed by atoms with van der Waals surface area (Å²) in [7, 11) is 0. The molecule has 0 aliphatic heterocycles. The fraction of sp³-hybridized carbons (Fsp3) is 0.611. The number of nitrogens with two attached hydrogens (primary N) is 1. The van der Waals surface area contributed by atoms with Crippen LogP contribution in [-0.4, -0.2) is 23.6 Å². The van der Waals surface area contributed by atoms with Gasteiger partial charge in [-0.2, -0.15) is 0 Å². The molecule has 1 rings (SSSR count). The van der Waals surface area contributed by atoms with Gasteiger partial charge < -0.3 is 16.2 Å². The Kier molecular flexibility index (Phi) is 8.82. The van der Waals surface area contributed by atoms with Gasteiger partial charge in [-0.3, -0.25) is 4.79 Å². The molecule has 1 unspecified atom stereocenters. The van der Waals surface area contributed by atoms with Crippen LogP contribution >= 0.6 is 12.4 Å². The van der Waals surface area contributed by atoms with E-state index < -0.39 is 12.1 Å². The van der Waals surface area contributed by atoms with Crippen LogP contribution in [0.4, 0.5) is 0 Å². The van der Waals surface area contributed by atoms with E-state index in [1.165, 1.54) is 5.56 Å². The van der Waals surface area contributed by atoms with Crippen molar-refractivity contribution >= 4 is 18.3 Å². The molecular weight excluding hydrogens is 312 g/mol. The van der Waals surface area contributed by atoms with Gasteiger partial charge in [-0.25, -0.2) is 0 Å². The summed E-state index contributed by atoms with van der Waals surface area (Å²) in [5.74, 6) is 0.162. The summed E-state index contributed by atoms with van der Waals surface area (Å²) in [6.07, 6.45) is -0.0772. The van der Waals surface area contributed by atoms with Gasteiger partial charge in [0.1, 0.15) is 0 Å². The zero-order valence-electron chi connectivity index (χ0n) is 14.8. The summed E-state index contributed by atoms with van der Waals surface area (Å²) < 4.78 is 0. The van der Waals surface area contributed by atoms with Gasteiger partial charge in [0, 0.05) is 6.54 Å². The highest BCUT2D eigenvalue weighted by atomic mass is 35.5. The molecule has 1 aromatic rings. The number of halogens is 1. The lowest BCUT2D eigenvalue weighted by Gasteiger charge is -2.20. The average Bonchev–Trinajstić information content (AvgIpc) is 2.42. The molecule has 0 aliphatic rings. The fourth-order valence-corrected chi connectivity index (χ4v) is 2.27. The van der Waals surface area contributed by atoms with Gasteiger partial charge in [0.05, 0.1) is 12.1 Å². The number of nitrogens with one attached hydrogen (secondary N) is 1. The van der Waals surface area contributed by atoms with Crippen LogP contribution in [0.3, 0.4) is 0 Å². The molecule has 4 N–H and O–H groups in total. The van der Waals surface area contributed by atoms with Crippen LogP contribution in [0.5, 0.6) is 0 Å². The molecule has 0 fully saturated rings. The standard InChI is InChI=1S/C18H30N2O2.ClH/c1-12(2)10-15(19)17(22)20-11-16(21)13-6-8-14(9-7-13)18(3,4)5;/h6-9,12,15-16,21H,10-11,19H2,1-5H3,(H,20,22);1H/t15-,16?;/m0./s1. The van der Waals surface area contributed by atoms with Crippen molar-refractivity contribution in [2.45, 2.75) is 58.6 Å². The minimum absolute atomic E-state index is 0. The van der Waals surface area contributed by atoms with Gasteiger partial charge in [-0.15, -0.1) is 12.4 Å². The van der Waals surface area contributed by atoms with Gasteiger partial charge in [-0.1, -0.05) is 58.9 Å². The quantitative estimate of drug-likeness (QED) is 0.744. The fourth-order valence-electron chi connectivity index (χ4n) is 2.27. The smallest absolute Gasteiger partial charge is 0.237 e. The van der Waals surface area contributed by atoms with Crippen LogP contribution in [0.1, 0.15) is 58.3 Å². The van der Waals surface area contributed by atoms with Crippen molar-refractivity contribution in [3.8, 4) is 0 Å². The summed E-state index contributed by atoms with van der Waals surface area (Å²) in [5, 5.41) is 12.9. The van der Waals surface area contributed by atoms with Crippen LogP contribution in [-0.2, 0) is 10.2 Å². The SMILES string of the molecule is CC(C)C[C@H](N)C(=O)NCC(O)c1ccc(C(C)(C)C)cc1.Cl. The van der Waals surface area contributed by atoms with E-state index in [0.717, 1.165) is 5.56 Å². The maximum Gasteiger partial charge on any atom is 0.237 e. The van der Waals surface area contributed by atoms with E-state index >= 15 is 0 Å². The zero-order chi connectivity index (χ0) is 16.9. The molecule has 0 saturated heterocycles. The first-order chi connectivity index (χ1) is 10.1. The first-order valence-corrected chi connectivity index (χ1v) is 7.93. The molecule has 0 aliphatic carbocycles. The molecule has 2 atom stereocenters. The van der Waals surface area contributed by atoms with E-state index in [2.05, 4.69) is 26.1 Å². The molecule has 132 valence electrons. The lowest BCUT2D eigenvalue weighted by Crippen LogP contribution is -2.42. The van der Waals surface area contributed by atoms with E-state index in [1.54, 1.807) is 0 Å². The highest BCUT2D eigenvalue weighted by molar-refractivity contribution is 5.85. The molecule has 1 amide bonds. The molecule has 1 aromatic carbocycles. The molecule has 0 heterocycles. The second-order valence-electron chi connectivity index (χ2n) is 7.37. The van der Waals surface area contributed by atoms with E-state index in [-0.39, 0.29) is 30.3 Å². The Morgan fingerprint density at radius 2 is 1.74 bits per heavy atom. The van der Waals surface area contributed by atoms with Crippen molar-refractivity contribution in [3.63, 3.8) is 0 Å². The lowest BCUT2D eigenvalue weighted by molar-refractivity contribution is -0.123. The first kappa shape index (κ1) is 21.9. The Labute approximate surface area is 146 Å². The maximum absolute atomic E-state index is 11.9. The average molecular weight is 343 g/mol. The van der Waals surface area contributed by atoms with E-state index in [4.69, 9.17) is 5.73 Å². The summed E-state index contributed by atoms with van der Waals surface area (Å²) in [5.41, 5.74) is 7.91. The number of hydrogen-bond acceptors (Lipinski definition) is 3. The molecule has 0 bridgehead atoms. The van der Waals surface area contributed by atoms with E-state index in [1.807, 2.05) is 38.1 Å². The van der Waals surface area contributed by atoms with Crippen molar-refractivity contribution in [1.82, 2.24) is 5.32 Å². The molecule has 4 nitrogen and oxygen atoms in total. The third-order valence-corrected chi connectivity index (χ3v) is 3.69. The molecule has 0 saturated carbocycles. The number of rotatable bonds is 6. The normalized spacial score (nSPS) is 14.1. The first-order valence-electron chi connectivity index (χ1n) is 7.93. The summed E-state index contributed by atoms with van der Waals surface area (Å²) >= 11 is 0. The van der Waals surface area contributed by atoms with Crippen molar-refractivity contribution < 1.29 is 9.90 Å². The number of carbonyl (C=O) groups is 1. The molecule has 0 radical (unpaired) electrons. The third kappa shape index (κ3) is 7.34. The van der Waals surface area contributed by atoms with Gasteiger partial charge in [0.15, 0.2) is 0 Å². The predicted octanol–water partition coefficient (Wildman–Crippen LogP) is 2.93. The number of hydrogen-bond donors (Lipinski definition) is 3. The Bertz CT molecular complexity index is 481. The third-order valence-electron chi connectivity index (χ3n) is 3.69. The van der Waals surface area contributed by atoms with Gasteiger partial charge in [0.2, 0.25) is 5.91 Å². The van der Waals surface area contributed by atoms with Gasteiger partial charge >= 0.3 is 0 Å². The Hall–Kier alpha value is -1.10. The lowest BCUT2D eigenvalue weighted by atomic mass is 9.86. The Morgan fingerprint density at radius 3 is 2.17 bits per heavy atom. The summed E-state index contributed by atoms with van der Waals surface area (Å²) in [4.78, 5) is 11.9. The molecule has 0 spiro atoms. The number of benzene rings is 1. The van der Waals surface area contributed by atoms with E-state index in [0.29, 0.717) is 12.3 Å². The summed E-state index contributed by atoms with van der Waals surface area (Å²) in [6.45, 7) is 10.7. The van der Waals surface area contributed by atoms with Crippen LogP contribution in [0, 0.1) is 5.92 Å². The van der Waals surface area contributed by atoms with Crippen LogP contribution in [0.25, 0.3) is 0 Å². The second kappa shape index (κ2) is 9.26. The second-order valence-corrected chi connectivity index (χ2v) is 7.37. The van der Waals surface area contributed by atoms with Crippen LogP contribution in [0.2, 0.25) is 0 Å². The molecule has 23 heavy (non-hydrogen) atoms. The minimum Gasteiger partial charge on any atom is -0.387 e. The Morgan fingerprint density at radius 1 is 1.22 bits per heavy atom. The molecule has 0 aromatic heterocycles. The monoisotopic (exact) mass is 342 g/mol. The summed E-state index contributed by atoms with van der Waals surface area (Å²) in [6, 6.07) is 7.34. The highest BCUT2D eigenvalue weighted by Crippen LogP contribution is 2.23. The van der Waals surface area contributed by atoms with Crippen molar-refractivity contribution in [2.24, 2.45) is 11.7 Å². The number of amides is 1. The highest BCUT2D eigenvalue weighted by Gasteiger charge is 2.17.